The quantitative estimate of drug-likeness (QED) is 0.713. The molecule has 0 saturated carbocycles. The number of rotatable bonds is 7. The summed E-state index contributed by atoms with van der Waals surface area (Å²) in [7, 11) is 0. The summed E-state index contributed by atoms with van der Waals surface area (Å²) in [5.74, 6) is 0.782. The lowest BCUT2D eigenvalue weighted by Gasteiger charge is -2.34. The zero-order valence-corrected chi connectivity index (χ0v) is 17.4. The van der Waals surface area contributed by atoms with Crippen LogP contribution in [0.4, 0.5) is 5.13 Å². The molecule has 1 N–H and O–H groups in total. The van der Waals surface area contributed by atoms with Crippen molar-refractivity contribution in [2.24, 2.45) is 0 Å². The van der Waals surface area contributed by atoms with Gasteiger partial charge >= 0.3 is 0 Å². The topological polar surface area (TPSA) is 61.4 Å². The Balaban J connectivity index is 1.44. The van der Waals surface area contributed by atoms with Crippen molar-refractivity contribution in [1.29, 1.82) is 0 Å². The number of carbonyl (C=O) groups excluding carboxylic acids is 1. The van der Waals surface area contributed by atoms with E-state index in [0.29, 0.717) is 6.54 Å². The molecule has 2 heterocycles. The van der Waals surface area contributed by atoms with Crippen molar-refractivity contribution in [3.05, 3.63) is 41.2 Å². The minimum atomic E-state index is -0.478. The van der Waals surface area contributed by atoms with E-state index in [0.717, 1.165) is 50.1 Å². The lowest BCUT2D eigenvalue weighted by molar-refractivity contribution is -0.120. The van der Waals surface area contributed by atoms with Crippen molar-refractivity contribution in [2.75, 3.05) is 44.2 Å². The predicted octanol–water partition coefficient (Wildman–Crippen LogP) is 2.30. The standard InChI is InChI=1S/C19H26ClN5OS/c1-14-3-5-16(6-4-14)13-17-22-19(27-23-17)25-11-9-24(10-12-25)8-7-21-18(26)15(2)20/h3-6,15H,7-13H2,1-2H3,(H,21,26). The molecule has 0 aliphatic carbocycles. The summed E-state index contributed by atoms with van der Waals surface area (Å²) in [6.45, 7) is 9.03. The van der Waals surface area contributed by atoms with E-state index < -0.39 is 5.38 Å². The molecule has 1 aromatic carbocycles. The first-order valence-corrected chi connectivity index (χ1v) is 10.5. The fourth-order valence-electron chi connectivity index (χ4n) is 2.97. The van der Waals surface area contributed by atoms with Crippen molar-refractivity contribution < 1.29 is 4.79 Å². The van der Waals surface area contributed by atoms with Crippen molar-refractivity contribution in [2.45, 2.75) is 25.6 Å². The van der Waals surface area contributed by atoms with Crippen LogP contribution in [0.5, 0.6) is 0 Å². The Morgan fingerprint density at radius 2 is 1.96 bits per heavy atom. The van der Waals surface area contributed by atoms with Crippen LogP contribution in [0.2, 0.25) is 0 Å². The Kier molecular flexibility index (Phi) is 7.04. The number of aryl methyl sites for hydroxylation is 1. The molecular weight excluding hydrogens is 382 g/mol. The van der Waals surface area contributed by atoms with Gasteiger partial charge in [0.05, 0.1) is 0 Å². The van der Waals surface area contributed by atoms with E-state index in [1.165, 1.54) is 22.7 Å². The first-order valence-electron chi connectivity index (χ1n) is 9.28. The molecule has 2 aromatic rings. The van der Waals surface area contributed by atoms with Gasteiger partial charge in [0, 0.05) is 57.2 Å². The number of piperazine rings is 1. The maximum atomic E-state index is 11.5. The van der Waals surface area contributed by atoms with Crippen molar-refractivity contribution in [3.63, 3.8) is 0 Å². The molecule has 3 rings (SSSR count). The van der Waals surface area contributed by atoms with Gasteiger partial charge in [-0.1, -0.05) is 29.8 Å². The molecule has 0 bridgehead atoms. The largest absolute Gasteiger partial charge is 0.354 e. The summed E-state index contributed by atoms with van der Waals surface area (Å²) >= 11 is 7.23. The smallest absolute Gasteiger partial charge is 0.237 e. The number of benzene rings is 1. The van der Waals surface area contributed by atoms with Gasteiger partial charge in [-0.15, -0.1) is 11.6 Å². The van der Waals surface area contributed by atoms with Gasteiger partial charge in [0.2, 0.25) is 11.0 Å². The molecular formula is C19H26ClN5OS. The number of halogens is 1. The first kappa shape index (κ1) is 20.0. The van der Waals surface area contributed by atoms with Crippen LogP contribution in [-0.2, 0) is 11.2 Å². The lowest BCUT2D eigenvalue weighted by atomic mass is 10.1. The molecule has 27 heavy (non-hydrogen) atoms. The molecule has 0 radical (unpaired) electrons. The minimum absolute atomic E-state index is 0.106. The molecule has 146 valence electrons. The number of nitrogens with one attached hydrogen (secondary N) is 1. The Hall–Kier alpha value is -1.70. The van der Waals surface area contributed by atoms with Crippen LogP contribution in [0.3, 0.4) is 0 Å². The number of aromatic nitrogens is 2. The molecule has 0 spiro atoms. The molecule has 1 amide bonds. The van der Waals surface area contributed by atoms with E-state index >= 15 is 0 Å². The van der Waals surface area contributed by atoms with Gasteiger partial charge in [0.25, 0.3) is 0 Å². The number of hydrogen-bond acceptors (Lipinski definition) is 6. The summed E-state index contributed by atoms with van der Waals surface area (Å²) in [6.07, 6.45) is 0.773. The zero-order chi connectivity index (χ0) is 19.2. The van der Waals surface area contributed by atoms with E-state index in [2.05, 4.69) is 50.7 Å². The molecule has 1 atom stereocenters. The highest BCUT2D eigenvalue weighted by Crippen LogP contribution is 2.20. The molecule has 1 unspecified atom stereocenters. The third kappa shape index (κ3) is 5.89. The number of nitrogens with zero attached hydrogens (tertiary/aromatic N) is 4. The van der Waals surface area contributed by atoms with E-state index in [1.807, 2.05) is 0 Å². The number of hydrogen-bond donors (Lipinski definition) is 1. The first-order chi connectivity index (χ1) is 13.0. The maximum absolute atomic E-state index is 11.5. The monoisotopic (exact) mass is 407 g/mol. The van der Waals surface area contributed by atoms with Crippen LogP contribution in [-0.4, -0.2) is 64.8 Å². The van der Waals surface area contributed by atoms with Crippen LogP contribution >= 0.6 is 23.1 Å². The maximum Gasteiger partial charge on any atom is 0.237 e. The summed E-state index contributed by atoms with van der Waals surface area (Å²) in [5, 5.41) is 3.38. The normalized spacial score (nSPS) is 16.3. The van der Waals surface area contributed by atoms with E-state index in [1.54, 1.807) is 6.92 Å². The number of alkyl halides is 1. The van der Waals surface area contributed by atoms with Crippen LogP contribution in [0, 0.1) is 6.92 Å². The van der Waals surface area contributed by atoms with E-state index in [4.69, 9.17) is 16.6 Å². The fourth-order valence-corrected chi connectivity index (χ4v) is 3.79. The average molecular weight is 408 g/mol. The molecule has 1 aromatic heterocycles. The van der Waals surface area contributed by atoms with E-state index in [-0.39, 0.29) is 5.91 Å². The molecule has 1 fully saturated rings. The minimum Gasteiger partial charge on any atom is -0.354 e. The molecule has 8 heteroatoms. The van der Waals surface area contributed by atoms with Crippen LogP contribution in [0.25, 0.3) is 0 Å². The van der Waals surface area contributed by atoms with Gasteiger partial charge in [-0.2, -0.15) is 4.37 Å². The Morgan fingerprint density at radius 3 is 2.63 bits per heavy atom. The van der Waals surface area contributed by atoms with Gasteiger partial charge in [-0.3, -0.25) is 9.69 Å². The van der Waals surface area contributed by atoms with Crippen molar-refractivity contribution >= 4 is 34.2 Å². The summed E-state index contributed by atoms with van der Waals surface area (Å²) in [4.78, 5) is 20.9. The SMILES string of the molecule is Cc1ccc(Cc2nsc(N3CCN(CCNC(=O)C(C)Cl)CC3)n2)cc1. The van der Waals surface area contributed by atoms with Gasteiger partial charge in [-0.05, 0) is 19.4 Å². The van der Waals surface area contributed by atoms with Crippen molar-refractivity contribution in [3.8, 4) is 0 Å². The third-order valence-electron chi connectivity index (χ3n) is 4.67. The molecule has 6 nitrogen and oxygen atoms in total. The van der Waals surface area contributed by atoms with Gasteiger partial charge < -0.3 is 10.2 Å². The second-order valence-corrected chi connectivity index (χ2v) is 8.28. The van der Waals surface area contributed by atoms with Crippen LogP contribution < -0.4 is 10.2 Å². The van der Waals surface area contributed by atoms with Crippen LogP contribution in [0.15, 0.2) is 24.3 Å². The molecule has 1 saturated heterocycles. The van der Waals surface area contributed by atoms with Gasteiger partial charge in [0.15, 0.2) is 0 Å². The third-order valence-corrected chi connectivity index (χ3v) is 5.68. The summed E-state index contributed by atoms with van der Waals surface area (Å²) in [6, 6.07) is 8.52. The van der Waals surface area contributed by atoms with Gasteiger partial charge in [-0.25, -0.2) is 4.98 Å². The van der Waals surface area contributed by atoms with Crippen molar-refractivity contribution in [1.82, 2.24) is 19.6 Å². The summed E-state index contributed by atoms with van der Waals surface area (Å²) in [5.41, 5.74) is 2.50. The van der Waals surface area contributed by atoms with Gasteiger partial charge in [0.1, 0.15) is 11.2 Å². The molecule has 1 aliphatic heterocycles. The number of anilines is 1. The Morgan fingerprint density at radius 1 is 1.26 bits per heavy atom. The number of amides is 1. The lowest BCUT2D eigenvalue weighted by Crippen LogP contribution is -2.48. The van der Waals surface area contributed by atoms with E-state index in [9.17, 15) is 4.79 Å². The Labute approximate surface area is 169 Å². The average Bonchev–Trinajstić information content (AvgIpc) is 3.12. The Bertz CT molecular complexity index is 741. The van der Waals surface area contributed by atoms with Crippen LogP contribution in [0.1, 0.15) is 23.9 Å². The summed E-state index contributed by atoms with van der Waals surface area (Å²) < 4.78 is 4.53. The zero-order valence-electron chi connectivity index (χ0n) is 15.8. The highest BCUT2D eigenvalue weighted by molar-refractivity contribution is 7.09. The second-order valence-electron chi connectivity index (χ2n) is 6.89. The predicted molar refractivity (Wildman–Crippen MR) is 111 cm³/mol. The second kappa shape index (κ2) is 9.48. The fraction of sp³-hybridized carbons (Fsp3) is 0.526. The highest BCUT2D eigenvalue weighted by atomic mass is 35.5. The molecule has 1 aliphatic rings. The highest BCUT2D eigenvalue weighted by Gasteiger charge is 2.20. The number of carbonyl (C=O) groups is 1.